The van der Waals surface area contributed by atoms with Gasteiger partial charge in [-0.15, -0.1) is 6.42 Å². The zero-order valence-corrected chi connectivity index (χ0v) is 17.8. The summed E-state index contributed by atoms with van der Waals surface area (Å²) >= 11 is 0. The first-order valence-corrected chi connectivity index (χ1v) is 9.85. The first-order valence-electron chi connectivity index (χ1n) is 9.85. The van der Waals surface area contributed by atoms with Gasteiger partial charge in [0.15, 0.2) is 0 Å². The molecule has 0 bridgehead atoms. The lowest BCUT2D eigenvalue weighted by atomic mass is 10.0. The molecule has 2 amide bonds. The number of anilines is 1. The Labute approximate surface area is 186 Å². The van der Waals surface area contributed by atoms with Crippen molar-refractivity contribution in [3.63, 3.8) is 0 Å². The van der Waals surface area contributed by atoms with Crippen molar-refractivity contribution in [1.29, 1.82) is 0 Å². The molecule has 0 unspecified atom stereocenters. The first kappa shape index (κ1) is 22.3. The van der Waals surface area contributed by atoms with E-state index in [-0.39, 0.29) is 23.4 Å². The van der Waals surface area contributed by atoms with Crippen LogP contribution in [0.3, 0.4) is 0 Å². The van der Waals surface area contributed by atoms with Crippen LogP contribution in [0, 0.1) is 12.3 Å². The molecule has 0 heterocycles. The molecule has 6 nitrogen and oxygen atoms in total. The Bertz CT molecular complexity index is 1270. The molecular weight excluding hydrogens is 404 g/mol. The van der Waals surface area contributed by atoms with E-state index in [1.807, 2.05) is 49.4 Å². The SMILES string of the molecule is C#CCNC(=O)c1ccc(C(=O)OC)c(NC(=O)C=C(C)c2ccc3ccccc3c2)c1. The second kappa shape index (κ2) is 10.1. The van der Waals surface area contributed by atoms with Crippen LogP contribution in [0.4, 0.5) is 5.69 Å². The molecule has 0 saturated carbocycles. The molecule has 0 fully saturated rings. The summed E-state index contributed by atoms with van der Waals surface area (Å²) in [5, 5.41) is 7.40. The molecule has 3 aromatic carbocycles. The normalized spacial score (nSPS) is 10.8. The fourth-order valence-corrected chi connectivity index (χ4v) is 3.19. The number of amides is 2. The quantitative estimate of drug-likeness (QED) is 0.354. The summed E-state index contributed by atoms with van der Waals surface area (Å²) in [5.74, 6) is 0.824. The highest BCUT2D eigenvalue weighted by molar-refractivity contribution is 6.09. The molecule has 0 aromatic heterocycles. The maximum absolute atomic E-state index is 12.7. The second-order valence-electron chi connectivity index (χ2n) is 7.02. The third-order valence-corrected chi connectivity index (χ3v) is 4.85. The van der Waals surface area contributed by atoms with Gasteiger partial charge < -0.3 is 15.4 Å². The van der Waals surface area contributed by atoms with Crippen molar-refractivity contribution in [2.45, 2.75) is 6.92 Å². The van der Waals surface area contributed by atoms with Crippen molar-refractivity contribution in [1.82, 2.24) is 5.32 Å². The summed E-state index contributed by atoms with van der Waals surface area (Å²) in [6, 6.07) is 18.2. The van der Waals surface area contributed by atoms with Gasteiger partial charge in [0.25, 0.3) is 5.91 Å². The molecule has 0 spiro atoms. The van der Waals surface area contributed by atoms with Crippen molar-refractivity contribution in [2.75, 3.05) is 19.0 Å². The zero-order chi connectivity index (χ0) is 23.1. The number of esters is 1. The summed E-state index contributed by atoms with van der Waals surface area (Å²) in [4.78, 5) is 37.0. The van der Waals surface area contributed by atoms with Gasteiger partial charge in [-0.2, -0.15) is 0 Å². The molecule has 160 valence electrons. The highest BCUT2D eigenvalue weighted by atomic mass is 16.5. The van der Waals surface area contributed by atoms with E-state index in [0.717, 1.165) is 21.9 Å². The van der Waals surface area contributed by atoms with Gasteiger partial charge in [0, 0.05) is 11.6 Å². The van der Waals surface area contributed by atoms with Crippen LogP contribution in [0.1, 0.15) is 33.2 Å². The van der Waals surface area contributed by atoms with Crippen LogP contribution in [-0.2, 0) is 9.53 Å². The number of hydrogen-bond donors (Lipinski definition) is 2. The minimum atomic E-state index is -0.633. The van der Waals surface area contributed by atoms with E-state index in [9.17, 15) is 14.4 Å². The van der Waals surface area contributed by atoms with Crippen LogP contribution < -0.4 is 10.6 Å². The van der Waals surface area contributed by atoms with Crippen LogP contribution in [0.15, 0.2) is 66.7 Å². The predicted octanol–water partition coefficient (Wildman–Crippen LogP) is 4.03. The second-order valence-corrected chi connectivity index (χ2v) is 7.02. The smallest absolute Gasteiger partial charge is 0.339 e. The third kappa shape index (κ3) is 5.21. The minimum Gasteiger partial charge on any atom is -0.465 e. The summed E-state index contributed by atoms with van der Waals surface area (Å²) in [5.41, 5.74) is 2.19. The number of carbonyl (C=O) groups is 3. The third-order valence-electron chi connectivity index (χ3n) is 4.85. The van der Waals surface area contributed by atoms with Gasteiger partial charge in [0.1, 0.15) is 0 Å². The van der Waals surface area contributed by atoms with Crippen molar-refractivity contribution in [2.24, 2.45) is 0 Å². The van der Waals surface area contributed by atoms with E-state index < -0.39 is 17.8 Å². The van der Waals surface area contributed by atoms with E-state index >= 15 is 0 Å². The molecule has 3 aromatic rings. The fourth-order valence-electron chi connectivity index (χ4n) is 3.19. The van der Waals surface area contributed by atoms with Crippen LogP contribution in [0.25, 0.3) is 16.3 Å². The average molecular weight is 426 g/mol. The largest absolute Gasteiger partial charge is 0.465 e. The van der Waals surface area contributed by atoms with Gasteiger partial charge in [0.2, 0.25) is 5.91 Å². The van der Waals surface area contributed by atoms with Crippen molar-refractivity contribution < 1.29 is 19.1 Å². The number of nitrogens with one attached hydrogen (secondary N) is 2. The number of hydrogen-bond acceptors (Lipinski definition) is 4. The molecule has 3 rings (SSSR count). The minimum absolute atomic E-state index is 0.0625. The summed E-state index contributed by atoms with van der Waals surface area (Å²) < 4.78 is 4.78. The van der Waals surface area contributed by atoms with E-state index in [1.165, 1.54) is 31.4 Å². The number of benzene rings is 3. The monoisotopic (exact) mass is 426 g/mol. The predicted molar refractivity (Wildman–Crippen MR) is 125 cm³/mol. The number of terminal acetylenes is 1. The van der Waals surface area contributed by atoms with Gasteiger partial charge in [-0.25, -0.2) is 4.79 Å². The Morgan fingerprint density at radius 3 is 2.44 bits per heavy atom. The first-order chi connectivity index (χ1) is 15.4. The lowest BCUT2D eigenvalue weighted by Crippen LogP contribution is -2.24. The Morgan fingerprint density at radius 2 is 1.72 bits per heavy atom. The Balaban J connectivity index is 1.87. The zero-order valence-electron chi connectivity index (χ0n) is 17.8. The Kier molecular flexibility index (Phi) is 7.04. The number of ether oxygens (including phenoxy) is 1. The molecule has 0 aliphatic carbocycles. The summed E-state index contributed by atoms with van der Waals surface area (Å²) in [6.07, 6.45) is 6.61. The standard InChI is InChI=1S/C26H22N2O4/c1-4-13-27-25(30)21-11-12-22(26(31)32-3)23(16-21)28-24(29)14-17(2)19-10-9-18-7-5-6-8-20(18)15-19/h1,5-12,14-16H,13H2,2-3H3,(H,27,30)(H,28,29). The molecule has 0 atom stereocenters. The van der Waals surface area contributed by atoms with Crippen LogP contribution in [0.5, 0.6) is 0 Å². The van der Waals surface area contributed by atoms with Gasteiger partial charge in [0.05, 0.1) is 24.9 Å². The fraction of sp³-hybridized carbons (Fsp3) is 0.115. The molecule has 6 heteroatoms. The number of fused-ring (bicyclic) bond motifs is 1. The molecule has 32 heavy (non-hydrogen) atoms. The van der Waals surface area contributed by atoms with E-state index in [0.29, 0.717) is 0 Å². The summed E-state index contributed by atoms with van der Waals surface area (Å²) in [6.45, 7) is 1.89. The highest BCUT2D eigenvalue weighted by Crippen LogP contribution is 2.22. The molecule has 2 N–H and O–H groups in total. The van der Waals surface area contributed by atoms with Crippen molar-refractivity contribution >= 4 is 39.8 Å². The van der Waals surface area contributed by atoms with Crippen molar-refractivity contribution in [3.05, 3.63) is 83.4 Å². The number of rotatable bonds is 6. The Hall–Kier alpha value is -4.37. The Morgan fingerprint density at radius 1 is 1.00 bits per heavy atom. The van der Waals surface area contributed by atoms with Crippen LogP contribution >= 0.6 is 0 Å². The molecule has 0 aliphatic rings. The average Bonchev–Trinajstić information content (AvgIpc) is 2.81. The van der Waals surface area contributed by atoms with Crippen LogP contribution in [0.2, 0.25) is 0 Å². The molecular formula is C26H22N2O4. The summed E-state index contributed by atoms with van der Waals surface area (Å²) in [7, 11) is 1.24. The van der Waals surface area contributed by atoms with E-state index in [4.69, 9.17) is 11.2 Å². The van der Waals surface area contributed by atoms with E-state index in [1.54, 1.807) is 0 Å². The highest BCUT2D eigenvalue weighted by Gasteiger charge is 2.16. The lowest BCUT2D eigenvalue weighted by Gasteiger charge is -2.11. The number of allylic oxidation sites excluding steroid dienone is 1. The van der Waals surface area contributed by atoms with Crippen LogP contribution in [-0.4, -0.2) is 31.4 Å². The van der Waals surface area contributed by atoms with Gasteiger partial charge >= 0.3 is 5.97 Å². The topological polar surface area (TPSA) is 84.5 Å². The van der Waals surface area contributed by atoms with Gasteiger partial charge in [-0.05, 0) is 53.1 Å². The molecule has 0 aliphatic heterocycles. The van der Waals surface area contributed by atoms with Crippen molar-refractivity contribution in [3.8, 4) is 12.3 Å². The lowest BCUT2D eigenvalue weighted by molar-refractivity contribution is -0.111. The molecule has 0 radical (unpaired) electrons. The number of carbonyl (C=O) groups excluding carboxylic acids is 3. The maximum atomic E-state index is 12.7. The maximum Gasteiger partial charge on any atom is 0.339 e. The number of methoxy groups -OCH3 is 1. The van der Waals surface area contributed by atoms with Gasteiger partial charge in [-0.1, -0.05) is 42.3 Å². The van der Waals surface area contributed by atoms with E-state index in [2.05, 4.69) is 16.6 Å². The molecule has 0 saturated heterocycles. The van der Waals surface area contributed by atoms with Gasteiger partial charge in [-0.3, -0.25) is 9.59 Å².